The summed E-state index contributed by atoms with van der Waals surface area (Å²) in [5, 5.41) is 4.82. The predicted octanol–water partition coefficient (Wildman–Crippen LogP) is 0.961. The molecule has 0 aromatic heterocycles. The molecular formula is C14H18F3N3O3S. The number of piperazine rings is 1. The van der Waals surface area contributed by atoms with Crippen LogP contribution in [-0.4, -0.2) is 57.0 Å². The van der Waals surface area contributed by atoms with E-state index < -0.39 is 28.7 Å². The summed E-state index contributed by atoms with van der Waals surface area (Å²) in [4.78, 5) is 11.6. The zero-order valence-corrected chi connectivity index (χ0v) is 13.7. The molecule has 0 bridgehead atoms. The van der Waals surface area contributed by atoms with Crippen molar-refractivity contribution in [3.8, 4) is 0 Å². The van der Waals surface area contributed by atoms with Crippen LogP contribution in [0.3, 0.4) is 0 Å². The summed E-state index contributed by atoms with van der Waals surface area (Å²) in [6.45, 7) is 1.75. The maximum absolute atomic E-state index is 12.6. The lowest BCUT2D eigenvalue weighted by Gasteiger charge is -2.32. The third-order valence-electron chi connectivity index (χ3n) is 3.61. The molecule has 0 saturated carbocycles. The molecule has 0 aliphatic carbocycles. The van der Waals surface area contributed by atoms with E-state index in [-0.39, 0.29) is 16.5 Å². The van der Waals surface area contributed by atoms with Crippen LogP contribution in [0.15, 0.2) is 29.2 Å². The van der Waals surface area contributed by atoms with Gasteiger partial charge in [-0.2, -0.15) is 17.5 Å². The second-order valence-electron chi connectivity index (χ2n) is 5.49. The lowest BCUT2D eigenvalue weighted by molar-refractivity contribution is -0.123. The first-order valence-electron chi connectivity index (χ1n) is 7.29. The lowest BCUT2D eigenvalue weighted by Crippen LogP contribution is -2.52. The predicted molar refractivity (Wildman–Crippen MR) is 81.1 cm³/mol. The van der Waals surface area contributed by atoms with Crippen LogP contribution in [0.1, 0.15) is 17.3 Å². The van der Waals surface area contributed by atoms with Gasteiger partial charge in [0.05, 0.1) is 4.90 Å². The third-order valence-corrected chi connectivity index (χ3v) is 5.64. The van der Waals surface area contributed by atoms with Gasteiger partial charge in [0.1, 0.15) is 6.54 Å². The number of benzene rings is 1. The molecule has 1 aromatic carbocycles. The molecule has 1 heterocycles. The minimum Gasteiger partial charge on any atom is -0.343 e. The summed E-state index contributed by atoms with van der Waals surface area (Å²) in [6, 6.07) is 4.65. The van der Waals surface area contributed by atoms with E-state index >= 15 is 0 Å². The van der Waals surface area contributed by atoms with Crippen molar-refractivity contribution < 1.29 is 26.4 Å². The van der Waals surface area contributed by atoms with Gasteiger partial charge in [0.25, 0.3) is 5.91 Å². The first kappa shape index (κ1) is 18.7. The molecule has 1 atom stereocenters. The smallest absolute Gasteiger partial charge is 0.343 e. The minimum absolute atomic E-state index is 0.00335. The highest BCUT2D eigenvalue weighted by Gasteiger charge is 2.31. The number of alkyl halides is 3. The van der Waals surface area contributed by atoms with Gasteiger partial charge in [0, 0.05) is 31.2 Å². The highest BCUT2D eigenvalue weighted by molar-refractivity contribution is 7.89. The molecule has 1 aliphatic rings. The standard InChI is InChI=1S/C14H18F3N3O3S/c1-10-8-18-6-7-20(10)24(22,23)12-4-2-11(3-5-12)13(21)19-9-14(15,16)17/h2-5,10,18H,6-9H2,1H3,(H,19,21). The maximum Gasteiger partial charge on any atom is 0.405 e. The van der Waals surface area contributed by atoms with Crippen LogP contribution < -0.4 is 10.6 Å². The van der Waals surface area contributed by atoms with Crippen LogP contribution in [0.25, 0.3) is 0 Å². The molecule has 134 valence electrons. The Morgan fingerprint density at radius 1 is 1.33 bits per heavy atom. The highest BCUT2D eigenvalue weighted by atomic mass is 32.2. The average molecular weight is 365 g/mol. The molecule has 1 aliphatic heterocycles. The summed E-state index contributed by atoms with van der Waals surface area (Å²) < 4.78 is 62.8. The molecule has 6 nitrogen and oxygen atoms in total. The number of carbonyl (C=O) groups excluding carboxylic acids is 1. The second kappa shape index (κ2) is 7.08. The summed E-state index contributed by atoms with van der Waals surface area (Å²) >= 11 is 0. The first-order valence-corrected chi connectivity index (χ1v) is 8.73. The number of hydrogen-bond acceptors (Lipinski definition) is 4. The van der Waals surface area contributed by atoms with Crippen LogP contribution in [0, 0.1) is 0 Å². The van der Waals surface area contributed by atoms with E-state index in [9.17, 15) is 26.4 Å². The fourth-order valence-corrected chi connectivity index (χ4v) is 4.01. The fourth-order valence-electron chi connectivity index (χ4n) is 2.38. The van der Waals surface area contributed by atoms with E-state index in [2.05, 4.69) is 5.32 Å². The Hall–Kier alpha value is -1.65. The van der Waals surface area contributed by atoms with Crippen LogP contribution in [0.4, 0.5) is 13.2 Å². The Kier molecular flexibility index (Phi) is 5.51. The van der Waals surface area contributed by atoms with Crippen LogP contribution in [-0.2, 0) is 10.0 Å². The highest BCUT2D eigenvalue weighted by Crippen LogP contribution is 2.20. The zero-order chi connectivity index (χ0) is 18.0. The van der Waals surface area contributed by atoms with Gasteiger partial charge in [0.15, 0.2) is 0 Å². The number of sulfonamides is 1. The lowest BCUT2D eigenvalue weighted by atomic mass is 10.2. The van der Waals surface area contributed by atoms with Crippen LogP contribution in [0.5, 0.6) is 0 Å². The molecule has 24 heavy (non-hydrogen) atoms. The summed E-state index contributed by atoms with van der Waals surface area (Å²) in [7, 11) is -3.71. The summed E-state index contributed by atoms with van der Waals surface area (Å²) in [5.41, 5.74) is -0.0356. The van der Waals surface area contributed by atoms with Gasteiger partial charge in [-0.1, -0.05) is 0 Å². The largest absolute Gasteiger partial charge is 0.405 e. The molecule has 1 aromatic rings. The minimum atomic E-state index is -4.50. The first-order chi connectivity index (χ1) is 11.1. The molecule has 2 N–H and O–H groups in total. The summed E-state index contributed by atoms with van der Waals surface area (Å²) in [6.07, 6.45) is -4.50. The maximum atomic E-state index is 12.6. The van der Waals surface area contributed by atoms with Crippen molar-refractivity contribution in [2.45, 2.75) is 24.0 Å². The van der Waals surface area contributed by atoms with E-state index in [4.69, 9.17) is 0 Å². The Morgan fingerprint density at radius 2 is 1.96 bits per heavy atom. The zero-order valence-electron chi connectivity index (χ0n) is 12.9. The van der Waals surface area contributed by atoms with Crippen molar-refractivity contribution in [2.24, 2.45) is 0 Å². The molecule has 1 unspecified atom stereocenters. The van der Waals surface area contributed by atoms with Crippen molar-refractivity contribution in [3.63, 3.8) is 0 Å². The number of nitrogens with zero attached hydrogens (tertiary/aromatic N) is 1. The van der Waals surface area contributed by atoms with Gasteiger partial charge < -0.3 is 10.6 Å². The average Bonchev–Trinajstić information content (AvgIpc) is 2.52. The normalized spacial score (nSPS) is 19.9. The monoisotopic (exact) mass is 365 g/mol. The Morgan fingerprint density at radius 3 is 2.50 bits per heavy atom. The van der Waals surface area contributed by atoms with Gasteiger partial charge in [-0.05, 0) is 31.2 Å². The van der Waals surface area contributed by atoms with Gasteiger partial charge >= 0.3 is 6.18 Å². The van der Waals surface area contributed by atoms with E-state index in [1.165, 1.54) is 28.6 Å². The van der Waals surface area contributed by atoms with Gasteiger partial charge in [-0.25, -0.2) is 8.42 Å². The molecule has 0 radical (unpaired) electrons. The van der Waals surface area contributed by atoms with Crippen LogP contribution in [0.2, 0.25) is 0 Å². The number of nitrogens with one attached hydrogen (secondary N) is 2. The molecule has 0 spiro atoms. The molecular weight excluding hydrogens is 347 g/mol. The topological polar surface area (TPSA) is 78.5 Å². The quantitative estimate of drug-likeness (QED) is 0.833. The fraction of sp³-hybridized carbons (Fsp3) is 0.500. The number of hydrogen-bond donors (Lipinski definition) is 2. The Bertz CT molecular complexity index is 689. The molecule has 1 saturated heterocycles. The number of carbonyl (C=O) groups is 1. The van der Waals surface area contributed by atoms with E-state index in [0.29, 0.717) is 19.6 Å². The second-order valence-corrected chi connectivity index (χ2v) is 7.38. The Labute approximate surface area is 138 Å². The van der Waals surface area contributed by atoms with Crippen molar-refractivity contribution in [1.29, 1.82) is 0 Å². The Balaban J connectivity index is 2.12. The van der Waals surface area contributed by atoms with E-state index in [1.807, 2.05) is 0 Å². The number of amides is 1. The van der Waals surface area contributed by atoms with Gasteiger partial charge in [-0.15, -0.1) is 0 Å². The molecule has 2 rings (SSSR count). The van der Waals surface area contributed by atoms with E-state index in [0.717, 1.165) is 0 Å². The van der Waals surface area contributed by atoms with Gasteiger partial charge in [0.2, 0.25) is 10.0 Å². The summed E-state index contributed by atoms with van der Waals surface area (Å²) in [5.74, 6) is -0.910. The van der Waals surface area contributed by atoms with Gasteiger partial charge in [-0.3, -0.25) is 4.79 Å². The number of rotatable bonds is 4. The molecule has 10 heteroatoms. The molecule has 1 amide bonds. The van der Waals surface area contributed by atoms with Crippen molar-refractivity contribution in [1.82, 2.24) is 14.9 Å². The number of halogens is 3. The van der Waals surface area contributed by atoms with Crippen LogP contribution >= 0.6 is 0 Å². The van der Waals surface area contributed by atoms with Crippen molar-refractivity contribution in [2.75, 3.05) is 26.2 Å². The SMILES string of the molecule is CC1CNCCN1S(=O)(=O)c1ccc(C(=O)NCC(F)(F)F)cc1. The van der Waals surface area contributed by atoms with E-state index in [1.54, 1.807) is 12.2 Å². The van der Waals surface area contributed by atoms with Crippen molar-refractivity contribution in [3.05, 3.63) is 29.8 Å². The third kappa shape index (κ3) is 4.46. The molecule has 1 fully saturated rings. The van der Waals surface area contributed by atoms with Crippen molar-refractivity contribution >= 4 is 15.9 Å².